The molecule has 3 aliphatic carbocycles. The number of carbonyl (C=O) groups is 1. The van der Waals surface area contributed by atoms with Gasteiger partial charge in [-0.2, -0.15) is 0 Å². The zero-order valence-corrected chi connectivity index (χ0v) is 19.9. The number of fused-ring (bicyclic) bond motifs is 2. The molecule has 0 heterocycles. The lowest BCUT2D eigenvalue weighted by molar-refractivity contribution is -0.137. The van der Waals surface area contributed by atoms with Crippen LogP contribution in [0, 0.1) is 26.7 Å². The normalized spacial score (nSPS) is 28.2. The van der Waals surface area contributed by atoms with Gasteiger partial charge in [0.25, 0.3) is 0 Å². The van der Waals surface area contributed by atoms with E-state index in [2.05, 4.69) is 47.2 Å². The third-order valence-corrected chi connectivity index (χ3v) is 9.11. The number of carboxylic acid groups (broad SMARTS) is 1. The lowest BCUT2D eigenvalue weighted by atomic mass is 9.44. The number of sulfonamides is 1. The summed E-state index contributed by atoms with van der Waals surface area (Å²) >= 11 is 2.17. The topological polar surface area (TPSA) is 83.5 Å². The lowest BCUT2D eigenvalue weighted by Crippen LogP contribution is -2.61. The molecule has 0 spiro atoms. The number of allylic oxidation sites excluding steroid dienone is 2. The molecular formula is C22H30INO4S. The Bertz CT molecular complexity index is 863. The van der Waals surface area contributed by atoms with Gasteiger partial charge in [0.15, 0.2) is 0 Å². The van der Waals surface area contributed by atoms with Crippen molar-refractivity contribution in [3.63, 3.8) is 0 Å². The third-order valence-electron chi connectivity index (χ3n) is 6.89. The van der Waals surface area contributed by atoms with E-state index in [-0.39, 0.29) is 23.8 Å². The molecule has 3 saturated carbocycles. The van der Waals surface area contributed by atoms with Gasteiger partial charge in [-0.05, 0) is 102 Å². The quantitative estimate of drug-likeness (QED) is 0.272. The average molecular weight is 531 g/mol. The van der Waals surface area contributed by atoms with Crippen LogP contribution in [0.4, 0.5) is 0 Å². The molecule has 0 aromatic heterocycles. The third kappa shape index (κ3) is 5.22. The molecule has 0 amide bonds. The summed E-state index contributed by atoms with van der Waals surface area (Å²) in [6, 6.07) is 6.89. The van der Waals surface area contributed by atoms with Gasteiger partial charge in [-0.1, -0.05) is 26.0 Å². The predicted molar refractivity (Wildman–Crippen MR) is 122 cm³/mol. The van der Waals surface area contributed by atoms with Crippen LogP contribution in [0.15, 0.2) is 41.3 Å². The number of rotatable bonds is 9. The zero-order valence-electron chi connectivity index (χ0n) is 17.0. The Balaban J connectivity index is 1.68. The number of hydrogen-bond acceptors (Lipinski definition) is 3. The van der Waals surface area contributed by atoms with E-state index in [1.165, 1.54) is 6.42 Å². The maximum Gasteiger partial charge on any atom is 0.303 e. The highest BCUT2D eigenvalue weighted by atomic mass is 127. The molecule has 1 aromatic rings. The van der Waals surface area contributed by atoms with Gasteiger partial charge < -0.3 is 5.11 Å². The van der Waals surface area contributed by atoms with E-state index < -0.39 is 16.0 Å². The van der Waals surface area contributed by atoms with Crippen molar-refractivity contribution in [3.8, 4) is 0 Å². The summed E-state index contributed by atoms with van der Waals surface area (Å²) in [7, 11) is -3.54. The van der Waals surface area contributed by atoms with Crippen LogP contribution in [0.2, 0.25) is 0 Å². The first kappa shape index (κ1) is 22.7. The van der Waals surface area contributed by atoms with Gasteiger partial charge in [0.2, 0.25) is 10.0 Å². The molecule has 0 saturated heterocycles. The van der Waals surface area contributed by atoms with Crippen LogP contribution in [-0.4, -0.2) is 25.5 Å². The molecular weight excluding hydrogens is 501 g/mol. The molecule has 0 aliphatic heterocycles. The van der Waals surface area contributed by atoms with Crippen LogP contribution in [0.25, 0.3) is 0 Å². The Morgan fingerprint density at radius 3 is 2.55 bits per heavy atom. The van der Waals surface area contributed by atoms with Crippen molar-refractivity contribution in [2.75, 3.05) is 0 Å². The van der Waals surface area contributed by atoms with Crippen molar-refractivity contribution in [3.05, 3.63) is 40.0 Å². The molecule has 0 radical (unpaired) electrons. The Morgan fingerprint density at radius 1 is 1.24 bits per heavy atom. The molecule has 160 valence electrons. The zero-order chi connectivity index (χ0) is 21.2. The fourth-order valence-corrected chi connectivity index (χ4v) is 6.69. The van der Waals surface area contributed by atoms with Gasteiger partial charge in [-0.25, -0.2) is 13.1 Å². The largest absolute Gasteiger partial charge is 0.481 e. The maximum absolute atomic E-state index is 12.9. The van der Waals surface area contributed by atoms with Crippen molar-refractivity contribution in [2.45, 2.75) is 63.3 Å². The van der Waals surface area contributed by atoms with Gasteiger partial charge in [0, 0.05) is 16.0 Å². The number of benzene rings is 1. The molecule has 2 bridgehead atoms. The number of nitrogens with one attached hydrogen (secondary N) is 1. The predicted octanol–water partition coefficient (Wildman–Crippen LogP) is 4.82. The number of hydrogen-bond donors (Lipinski definition) is 2. The maximum atomic E-state index is 12.9. The molecule has 0 unspecified atom stereocenters. The van der Waals surface area contributed by atoms with Crippen molar-refractivity contribution in [2.24, 2.45) is 23.2 Å². The van der Waals surface area contributed by atoms with Crippen molar-refractivity contribution < 1.29 is 18.3 Å². The molecule has 3 aliphatic rings. The molecule has 29 heavy (non-hydrogen) atoms. The second-order valence-electron chi connectivity index (χ2n) is 8.93. The summed E-state index contributed by atoms with van der Waals surface area (Å²) in [4.78, 5) is 10.9. The lowest BCUT2D eigenvalue weighted by Gasteiger charge is -2.62. The smallest absolute Gasteiger partial charge is 0.303 e. The summed E-state index contributed by atoms with van der Waals surface area (Å²) < 4.78 is 29.9. The van der Waals surface area contributed by atoms with E-state index in [0.29, 0.717) is 23.2 Å². The summed E-state index contributed by atoms with van der Waals surface area (Å²) in [6.45, 7) is 4.61. The summed E-state index contributed by atoms with van der Waals surface area (Å²) in [5, 5.41) is 8.73. The van der Waals surface area contributed by atoms with Crippen LogP contribution >= 0.6 is 22.6 Å². The summed E-state index contributed by atoms with van der Waals surface area (Å²) in [6.07, 6.45) is 8.61. The highest BCUT2D eigenvalue weighted by Gasteiger charge is 2.57. The highest BCUT2D eigenvalue weighted by Crippen LogP contribution is 2.62. The minimum atomic E-state index is -3.54. The SMILES string of the molecule is CC1(C)[C@H]2C[C@H](NS(=O)(=O)c3ccc(I)cc3)[C@@H](C/C=C/CCCC(=O)O)[C@H]1C2. The second-order valence-corrected chi connectivity index (χ2v) is 11.9. The van der Waals surface area contributed by atoms with Crippen molar-refractivity contribution in [1.82, 2.24) is 4.72 Å². The fourth-order valence-electron chi connectivity index (χ4n) is 5.03. The monoisotopic (exact) mass is 531 g/mol. The van der Waals surface area contributed by atoms with Crippen LogP contribution in [0.3, 0.4) is 0 Å². The molecule has 4 rings (SSSR count). The van der Waals surface area contributed by atoms with Gasteiger partial charge in [-0.15, -0.1) is 0 Å². The number of unbranched alkanes of at least 4 members (excludes halogenated alkanes) is 1. The van der Waals surface area contributed by atoms with Crippen molar-refractivity contribution >= 4 is 38.6 Å². The Morgan fingerprint density at radius 2 is 1.93 bits per heavy atom. The number of carboxylic acids is 1. The second kappa shape index (κ2) is 9.06. The minimum Gasteiger partial charge on any atom is -0.481 e. The standard InChI is InChI=1S/C22H30INO4S/c1-22(2)15-13-19(22)18(7-5-3-4-6-8-21(25)26)20(14-15)24-29(27,28)17-11-9-16(23)10-12-17/h3,5,9-12,15,18-20,24H,4,6-8,13-14H2,1-2H3,(H,25,26)/b5-3+/t15-,18+,19-,20+/m1/s1. The van der Waals surface area contributed by atoms with E-state index in [9.17, 15) is 13.2 Å². The van der Waals surface area contributed by atoms with Crippen LogP contribution < -0.4 is 4.72 Å². The highest BCUT2D eigenvalue weighted by molar-refractivity contribution is 14.1. The number of halogens is 1. The Kier molecular flexibility index (Phi) is 7.10. The van der Waals surface area contributed by atoms with E-state index in [4.69, 9.17) is 5.11 Å². The van der Waals surface area contributed by atoms with E-state index in [1.54, 1.807) is 12.1 Å². The molecule has 3 fully saturated rings. The molecule has 1 aromatic carbocycles. The molecule has 7 heteroatoms. The van der Waals surface area contributed by atoms with Crippen LogP contribution in [0.5, 0.6) is 0 Å². The fraction of sp³-hybridized carbons (Fsp3) is 0.591. The van der Waals surface area contributed by atoms with Crippen LogP contribution in [0.1, 0.15) is 52.4 Å². The summed E-state index contributed by atoms with van der Waals surface area (Å²) in [5.74, 6) is 0.574. The first-order valence-electron chi connectivity index (χ1n) is 10.3. The van der Waals surface area contributed by atoms with E-state index >= 15 is 0 Å². The van der Waals surface area contributed by atoms with E-state index in [1.807, 2.05) is 18.2 Å². The van der Waals surface area contributed by atoms with E-state index in [0.717, 1.165) is 22.8 Å². The van der Waals surface area contributed by atoms with Gasteiger partial charge in [0.05, 0.1) is 4.90 Å². The minimum absolute atomic E-state index is 0.0558. The first-order chi connectivity index (χ1) is 13.6. The van der Waals surface area contributed by atoms with Gasteiger partial charge in [0.1, 0.15) is 0 Å². The average Bonchev–Trinajstić information content (AvgIpc) is 2.64. The van der Waals surface area contributed by atoms with Crippen molar-refractivity contribution in [1.29, 1.82) is 0 Å². The Labute approximate surface area is 187 Å². The molecule has 4 atom stereocenters. The van der Waals surface area contributed by atoms with Gasteiger partial charge in [-0.3, -0.25) is 4.79 Å². The first-order valence-corrected chi connectivity index (χ1v) is 12.8. The molecule has 5 nitrogen and oxygen atoms in total. The number of aliphatic carboxylic acids is 1. The van der Waals surface area contributed by atoms with Gasteiger partial charge >= 0.3 is 5.97 Å². The summed E-state index contributed by atoms with van der Waals surface area (Å²) in [5.41, 5.74) is 0.257. The van der Waals surface area contributed by atoms with Crippen LogP contribution in [-0.2, 0) is 14.8 Å². The molecule has 2 N–H and O–H groups in total. The Hall–Kier alpha value is -0.930.